The highest BCUT2D eigenvalue weighted by molar-refractivity contribution is 7.90. The molecule has 6 nitrogen and oxygen atoms in total. The third-order valence-electron chi connectivity index (χ3n) is 4.30. The largest absolute Gasteiger partial charge is 0.480 e. The fourth-order valence-corrected chi connectivity index (χ4v) is 4.11. The molecule has 1 aliphatic heterocycles. The fourth-order valence-electron chi connectivity index (χ4n) is 2.74. The molecule has 0 saturated carbocycles. The number of ether oxygens (including phenoxy) is 1. The Morgan fingerprint density at radius 2 is 1.93 bits per heavy atom. The van der Waals surface area contributed by atoms with Gasteiger partial charge in [0.25, 0.3) is 5.91 Å². The predicted molar refractivity (Wildman–Crippen MR) is 90.1 cm³/mol. The zero-order valence-corrected chi connectivity index (χ0v) is 16.0. The molecule has 1 aromatic carbocycles. The average Bonchev–Trinajstić information content (AvgIpc) is 2.77. The molecule has 1 amide bonds. The Bertz CT molecular complexity index is 902. The van der Waals surface area contributed by atoms with Gasteiger partial charge >= 0.3 is 6.18 Å². The Balaban J connectivity index is 2.40. The number of halogens is 3. The second kappa shape index (κ2) is 6.71. The van der Waals surface area contributed by atoms with Crippen LogP contribution >= 0.6 is 0 Å². The van der Waals surface area contributed by atoms with Crippen LogP contribution < -0.4 is 4.74 Å². The first-order valence-corrected chi connectivity index (χ1v) is 9.55. The molecule has 0 bridgehead atoms. The Hall–Kier alpha value is -2.28. The summed E-state index contributed by atoms with van der Waals surface area (Å²) in [4.78, 5) is 12.6. The summed E-state index contributed by atoms with van der Waals surface area (Å²) in [7, 11) is -3.88. The van der Waals surface area contributed by atoms with E-state index in [0.717, 1.165) is 16.4 Å². The van der Waals surface area contributed by atoms with Gasteiger partial charge in [0.2, 0.25) is 10.0 Å². The SMILES string of the molecule is CC(C)S(=O)(=O)N1CC(C)(C)C(Oc2ccc(C#N)c(C(F)(F)F)c2)C1=O. The van der Waals surface area contributed by atoms with Crippen molar-refractivity contribution in [2.24, 2.45) is 5.41 Å². The van der Waals surface area contributed by atoms with E-state index in [0.29, 0.717) is 6.07 Å². The summed E-state index contributed by atoms with van der Waals surface area (Å²) in [5.74, 6) is -1.09. The lowest BCUT2D eigenvalue weighted by atomic mass is 9.89. The van der Waals surface area contributed by atoms with Crippen LogP contribution in [0.1, 0.15) is 38.8 Å². The molecule has 0 aromatic heterocycles. The molecular weight excluding hydrogens is 385 g/mol. The van der Waals surface area contributed by atoms with Gasteiger partial charge in [-0.15, -0.1) is 0 Å². The number of rotatable bonds is 4. The van der Waals surface area contributed by atoms with Crippen LogP contribution in [0.5, 0.6) is 5.75 Å². The maximum absolute atomic E-state index is 13.1. The van der Waals surface area contributed by atoms with Crippen molar-refractivity contribution < 1.29 is 31.1 Å². The number of carbonyl (C=O) groups excluding carboxylic acids is 1. The number of sulfonamides is 1. The van der Waals surface area contributed by atoms with E-state index in [1.807, 2.05) is 0 Å². The van der Waals surface area contributed by atoms with Crippen LogP contribution in [0.3, 0.4) is 0 Å². The standard InChI is InChI=1S/C17H19F3N2O4S/c1-10(2)27(24,25)22-9-16(3,4)14(15(22)23)26-12-6-5-11(8-21)13(7-12)17(18,19)20/h5-7,10,14H,9H2,1-4H3. The van der Waals surface area contributed by atoms with Crippen LogP contribution in [0, 0.1) is 16.7 Å². The molecule has 0 spiro atoms. The molecule has 2 rings (SSSR count). The van der Waals surface area contributed by atoms with Crippen molar-refractivity contribution in [1.29, 1.82) is 5.26 Å². The van der Waals surface area contributed by atoms with Crippen molar-refractivity contribution in [2.75, 3.05) is 6.54 Å². The molecule has 1 aromatic rings. The maximum Gasteiger partial charge on any atom is 0.417 e. The molecule has 1 aliphatic rings. The highest BCUT2D eigenvalue weighted by atomic mass is 32.2. The predicted octanol–water partition coefficient (Wildman–Crippen LogP) is 2.93. The van der Waals surface area contributed by atoms with Crippen molar-refractivity contribution in [3.63, 3.8) is 0 Å². The molecule has 1 unspecified atom stereocenters. The molecule has 0 N–H and O–H groups in total. The van der Waals surface area contributed by atoms with Crippen LogP contribution in [0.25, 0.3) is 0 Å². The molecule has 10 heteroatoms. The zero-order chi connectivity index (χ0) is 20.8. The van der Waals surface area contributed by atoms with Crippen LogP contribution in [-0.2, 0) is 21.0 Å². The molecular formula is C17H19F3N2O4S. The normalized spacial score (nSPS) is 20.0. The highest BCUT2D eigenvalue weighted by Crippen LogP contribution is 2.38. The molecule has 27 heavy (non-hydrogen) atoms. The maximum atomic E-state index is 13.1. The Morgan fingerprint density at radius 3 is 2.41 bits per heavy atom. The van der Waals surface area contributed by atoms with Crippen LogP contribution in [-0.4, -0.2) is 36.5 Å². The van der Waals surface area contributed by atoms with Gasteiger partial charge < -0.3 is 4.74 Å². The Morgan fingerprint density at radius 1 is 1.33 bits per heavy atom. The monoisotopic (exact) mass is 404 g/mol. The van der Waals surface area contributed by atoms with Gasteiger partial charge in [0.05, 0.1) is 22.4 Å². The lowest BCUT2D eigenvalue weighted by Crippen LogP contribution is -2.40. The molecule has 1 fully saturated rings. The van der Waals surface area contributed by atoms with Crippen molar-refractivity contribution in [3.8, 4) is 11.8 Å². The number of carbonyl (C=O) groups is 1. The van der Waals surface area contributed by atoms with Crippen LogP contribution in [0.2, 0.25) is 0 Å². The van der Waals surface area contributed by atoms with E-state index in [1.54, 1.807) is 13.8 Å². The van der Waals surface area contributed by atoms with Gasteiger partial charge in [-0.25, -0.2) is 12.7 Å². The topological polar surface area (TPSA) is 87.5 Å². The minimum Gasteiger partial charge on any atom is -0.480 e. The first-order chi connectivity index (χ1) is 12.2. The van der Waals surface area contributed by atoms with E-state index in [2.05, 4.69) is 0 Å². The number of hydrogen-bond acceptors (Lipinski definition) is 5. The van der Waals surface area contributed by atoms with E-state index in [4.69, 9.17) is 10.00 Å². The number of benzene rings is 1. The van der Waals surface area contributed by atoms with Gasteiger partial charge in [-0.2, -0.15) is 18.4 Å². The molecule has 0 radical (unpaired) electrons. The first kappa shape index (κ1) is 21.0. The van der Waals surface area contributed by atoms with E-state index < -0.39 is 50.0 Å². The smallest absolute Gasteiger partial charge is 0.417 e. The number of alkyl halides is 3. The summed E-state index contributed by atoms with van der Waals surface area (Å²) in [6.45, 7) is 5.92. The minimum atomic E-state index is -4.77. The molecule has 1 heterocycles. The van der Waals surface area contributed by atoms with Crippen LogP contribution in [0.15, 0.2) is 18.2 Å². The quantitative estimate of drug-likeness (QED) is 0.770. The van der Waals surface area contributed by atoms with Crippen LogP contribution in [0.4, 0.5) is 13.2 Å². The van der Waals surface area contributed by atoms with Gasteiger partial charge in [-0.1, -0.05) is 13.8 Å². The average molecular weight is 404 g/mol. The first-order valence-electron chi connectivity index (χ1n) is 8.05. The van der Waals surface area contributed by atoms with Gasteiger partial charge in [-0.05, 0) is 32.0 Å². The number of amides is 1. The number of nitriles is 1. The molecule has 148 valence electrons. The van der Waals surface area contributed by atoms with Gasteiger partial charge in [0, 0.05) is 12.0 Å². The van der Waals surface area contributed by atoms with Gasteiger partial charge in [-0.3, -0.25) is 4.79 Å². The highest BCUT2D eigenvalue weighted by Gasteiger charge is 2.52. The Kier molecular flexibility index (Phi) is 5.22. The number of hydrogen-bond donors (Lipinski definition) is 0. The second-order valence-electron chi connectivity index (χ2n) is 7.24. The molecule has 0 aliphatic carbocycles. The van der Waals surface area contributed by atoms with Gasteiger partial charge in [0.1, 0.15) is 5.75 Å². The zero-order valence-electron chi connectivity index (χ0n) is 15.2. The second-order valence-corrected chi connectivity index (χ2v) is 9.66. The van der Waals surface area contributed by atoms with Crippen molar-refractivity contribution in [3.05, 3.63) is 29.3 Å². The Labute approximate surface area is 155 Å². The summed E-state index contributed by atoms with van der Waals surface area (Å²) in [5.41, 5.74) is -2.71. The van der Waals surface area contributed by atoms with E-state index >= 15 is 0 Å². The van der Waals surface area contributed by atoms with E-state index in [1.165, 1.54) is 19.9 Å². The van der Waals surface area contributed by atoms with E-state index in [9.17, 15) is 26.4 Å². The van der Waals surface area contributed by atoms with Crippen molar-refractivity contribution in [2.45, 2.75) is 45.2 Å². The molecule has 1 saturated heterocycles. The third-order valence-corrected chi connectivity index (χ3v) is 6.42. The summed E-state index contributed by atoms with van der Waals surface area (Å²) >= 11 is 0. The third kappa shape index (κ3) is 3.88. The summed E-state index contributed by atoms with van der Waals surface area (Å²) in [5, 5.41) is 8.01. The lowest BCUT2D eigenvalue weighted by Gasteiger charge is -2.24. The number of nitrogens with zero attached hydrogens (tertiary/aromatic N) is 2. The fraction of sp³-hybridized carbons (Fsp3) is 0.529. The van der Waals surface area contributed by atoms with Crippen molar-refractivity contribution >= 4 is 15.9 Å². The molecule has 1 atom stereocenters. The summed E-state index contributed by atoms with van der Waals surface area (Å²) < 4.78 is 70.2. The van der Waals surface area contributed by atoms with E-state index in [-0.39, 0.29) is 12.3 Å². The van der Waals surface area contributed by atoms with Gasteiger partial charge in [0.15, 0.2) is 6.10 Å². The van der Waals surface area contributed by atoms with Crippen molar-refractivity contribution in [1.82, 2.24) is 4.31 Å². The summed E-state index contributed by atoms with van der Waals surface area (Å²) in [6, 6.07) is 4.20. The minimum absolute atomic E-state index is 0.139. The lowest BCUT2D eigenvalue weighted by molar-refractivity contribution is -0.137. The summed E-state index contributed by atoms with van der Waals surface area (Å²) in [6.07, 6.45) is -6.05.